The van der Waals surface area contributed by atoms with Crippen molar-refractivity contribution in [2.75, 3.05) is 13.7 Å². The van der Waals surface area contributed by atoms with Crippen LogP contribution in [-0.4, -0.2) is 37.4 Å². The van der Waals surface area contributed by atoms with E-state index in [-0.39, 0.29) is 18.3 Å². The van der Waals surface area contributed by atoms with Crippen LogP contribution in [0.15, 0.2) is 46.8 Å². The zero-order valence-corrected chi connectivity index (χ0v) is 18.8. The first-order chi connectivity index (χ1) is 15.2. The van der Waals surface area contributed by atoms with Gasteiger partial charge in [-0.1, -0.05) is 19.1 Å². The van der Waals surface area contributed by atoms with E-state index in [2.05, 4.69) is 5.32 Å². The number of hydrogen-bond donors (Lipinski definition) is 1. The molecule has 0 fully saturated rings. The lowest BCUT2D eigenvalue weighted by molar-refractivity contribution is -0.151. The highest BCUT2D eigenvalue weighted by molar-refractivity contribution is 6.12. The maximum absolute atomic E-state index is 13.6. The summed E-state index contributed by atoms with van der Waals surface area (Å²) in [5, 5.41) is 3.20. The number of carbonyl (C=O) groups excluding carboxylic acids is 4. The first-order valence-corrected chi connectivity index (χ1v) is 10.5. The number of ether oxygens (including phenoxy) is 3. The molecule has 0 unspecified atom stereocenters. The Hall–Kier alpha value is -3.42. The summed E-state index contributed by atoms with van der Waals surface area (Å²) in [4.78, 5) is 50.1. The molecule has 1 aliphatic carbocycles. The predicted octanol–water partition coefficient (Wildman–Crippen LogP) is 2.79. The average Bonchev–Trinajstić information content (AvgIpc) is 2.72. The SMILES string of the molecule is CCOC(=O)C1=C(C)NC2=C(C(=O)[C@@H](C(=O)OC)[C@H](C)C2)[C@@H]1c1ccc(OC(C)=O)cc1. The monoisotopic (exact) mass is 441 g/mol. The van der Waals surface area contributed by atoms with Crippen molar-refractivity contribution in [2.24, 2.45) is 11.8 Å². The maximum atomic E-state index is 13.6. The summed E-state index contributed by atoms with van der Waals surface area (Å²) in [6.45, 7) is 6.77. The van der Waals surface area contributed by atoms with Gasteiger partial charge in [0.15, 0.2) is 5.78 Å². The summed E-state index contributed by atoms with van der Waals surface area (Å²) in [5.41, 5.74) is 2.57. The molecule has 170 valence electrons. The smallest absolute Gasteiger partial charge is 0.336 e. The Kier molecular flexibility index (Phi) is 6.81. The van der Waals surface area contributed by atoms with Gasteiger partial charge in [-0.05, 0) is 43.9 Å². The number of Topliss-reactive ketones (excluding diaryl/α,β-unsaturated/α-hetero) is 1. The highest BCUT2D eigenvalue weighted by atomic mass is 16.5. The van der Waals surface area contributed by atoms with Crippen LogP contribution in [0.5, 0.6) is 5.75 Å². The lowest BCUT2D eigenvalue weighted by Crippen LogP contribution is -2.43. The van der Waals surface area contributed by atoms with E-state index in [1.807, 2.05) is 6.92 Å². The minimum Gasteiger partial charge on any atom is -0.468 e. The molecule has 0 saturated heterocycles. The van der Waals surface area contributed by atoms with Crippen LogP contribution < -0.4 is 10.1 Å². The summed E-state index contributed by atoms with van der Waals surface area (Å²) in [6.07, 6.45) is 0.455. The summed E-state index contributed by atoms with van der Waals surface area (Å²) in [5.74, 6) is -3.56. The van der Waals surface area contributed by atoms with Crippen molar-refractivity contribution in [3.05, 3.63) is 52.4 Å². The molecule has 8 heteroatoms. The zero-order chi connectivity index (χ0) is 23.6. The van der Waals surface area contributed by atoms with Crippen LogP contribution in [0.2, 0.25) is 0 Å². The number of hydrogen-bond acceptors (Lipinski definition) is 8. The molecule has 8 nitrogen and oxygen atoms in total. The van der Waals surface area contributed by atoms with Gasteiger partial charge < -0.3 is 19.5 Å². The van der Waals surface area contributed by atoms with Gasteiger partial charge in [0.05, 0.1) is 19.3 Å². The molecule has 1 N–H and O–H groups in total. The number of allylic oxidation sites excluding steroid dienone is 3. The van der Waals surface area contributed by atoms with Gasteiger partial charge in [0.25, 0.3) is 0 Å². The lowest BCUT2D eigenvalue weighted by Gasteiger charge is -2.38. The maximum Gasteiger partial charge on any atom is 0.336 e. The van der Waals surface area contributed by atoms with E-state index in [0.29, 0.717) is 40.3 Å². The van der Waals surface area contributed by atoms with Crippen LogP contribution in [0.1, 0.15) is 45.6 Å². The second-order valence-electron chi connectivity index (χ2n) is 7.92. The molecule has 0 spiro atoms. The average molecular weight is 441 g/mol. The van der Waals surface area contributed by atoms with Crippen LogP contribution in [-0.2, 0) is 28.7 Å². The van der Waals surface area contributed by atoms with Gasteiger partial charge in [0.2, 0.25) is 0 Å². The third kappa shape index (κ3) is 4.30. The van der Waals surface area contributed by atoms with Crippen LogP contribution in [0.3, 0.4) is 0 Å². The molecule has 0 bridgehead atoms. The fraction of sp³-hybridized carbons (Fsp3) is 0.417. The highest BCUT2D eigenvalue weighted by Gasteiger charge is 2.47. The van der Waals surface area contributed by atoms with Gasteiger partial charge in [-0.2, -0.15) is 0 Å². The number of ketones is 1. The zero-order valence-electron chi connectivity index (χ0n) is 18.8. The van der Waals surface area contributed by atoms with E-state index in [1.165, 1.54) is 14.0 Å². The van der Waals surface area contributed by atoms with Gasteiger partial charge in [-0.3, -0.25) is 14.4 Å². The molecule has 1 heterocycles. The summed E-state index contributed by atoms with van der Waals surface area (Å²) in [6, 6.07) is 6.60. The van der Waals surface area contributed by atoms with Crippen molar-refractivity contribution in [3.8, 4) is 5.75 Å². The normalized spacial score (nSPS) is 22.7. The van der Waals surface area contributed by atoms with Crippen molar-refractivity contribution in [1.29, 1.82) is 0 Å². The molecule has 1 aromatic carbocycles. The number of benzene rings is 1. The van der Waals surface area contributed by atoms with Gasteiger partial charge in [-0.15, -0.1) is 0 Å². The van der Waals surface area contributed by atoms with Crippen LogP contribution in [0.25, 0.3) is 0 Å². The minimum absolute atomic E-state index is 0.176. The van der Waals surface area contributed by atoms with E-state index in [0.717, 1.165) is 0 Å². The van der Waals surface area contributed by atoms with E-state index in [1.54, 1.807) is 38.1 Å². The molecule has 3 atom stereocenters. The third-order valence-corrected chi connectivity index (χ3v) is 5.71. The number of carbonyl (C=O) groups is 4. The first-order valence-electron chi connectivity index (χ1n) is 10.5. The summed E-state index contributed by atoms with van der Waals surface area (Å²) >= 11 is 0. The van der Waals surface area contributed by atoms with Crippen LogP contribution in [0.4, 0.5) is 0 Å². The lowest BCUT2D eigenvalue weighted by atomic mass is 9.69. The van der Waals surface area contributed by atoms with Gasteiger partial charge in [-0.25, -0.2) is 4.79 Å². The summed E-state index contributed by atoms with van der Waals surface area (Å²) < 4.78 is 15.3. The third-order valence-electron chi connectivity index (χ3n) is 5.71. The molecular formula is C24H27NO7. The van der Waals surface area contributed by atoms with Crippen molar-refractivity contribution in [2.45, 2.75) is 40.0 Å². The van der Waals surface area contributed by atoms with Crippen LogP contribution in [0, 0.1) is 11.8 Å². The Labute approximate surface area is 186 Å². The van der Waals surface area contributed by atoms with Crippen molar-refractivity contribution < 1.29 is 33.4 Å². The molecular weight excluding hydrogens is 414 g/mol. The Morgan fingerprint density at radius 1 is 1.16 bits per heavy atom. The van der Waals surface area contributed by atoms with E-state index in [9.17, 15) is 19.2 Å². The largest absolute Gasteiger partial charge is 0.468 e. The predicted molar refractivity (Wildman–Crippen MR) is 114 cm³/mol. The number of nitrogens with one attached hydrogen (secondary N) is 1. The number of dihydropyridines is 1. The van der Waals surface area contributed by atoms with Gasteiger partial charge >= 0.3 is 17.9 Å². The molecule has 0 aromatic heterocycles. The Balaban J connectivity index is 2.14. The number of esters is 3. The van der Waals surface area contributed by atoms with E-state index in [4.69, 9.17) is 14.2 Å². The van der Waals surface area contributed by atoms with Gasteiger partial charge in [0.1, 0.15) is 11.7 Å². The molecule has 3 rings (SSSR count). The molecule has 0 amide bonds. The van der Waals surface area contributed by atoms with E-state index < -0.39 is 29.7 Å². The molecule has 0 radical (unpaired) electrons. The fourth-order valence-electron chi connectivity index (χ4n) is 4.39. The second-order valence-corrected chi connectivity index (χ2v) is 7.92. The number of rotatable bonds is 5. The molecule has 1 aliphatic heterocycles. The Morgan fingerprint density at radius 3 is 2.38 bits per heavy atom. The minimum atomic E-state index is -0.953. The second kappa shape index (κ2) is 9.38. The molecule has 2 aliphatic rings. The quantitative estimate of drug-likeness (QED) is 0.422. The molecule has 1 aromatic rings. The van der Waals surface area contributed by atoms with Gasteiger partial charge in [0, 0.05) is 29.8 Å². The standard InChI is InChI=1S/C24H27NO7/c1-6-31-24(29)19-13(3)25-17-11-12(2)18(23(28)30-5)22(27)21(17)20(19)15-7-9-16(10-8-15)32-14(4)26/h7-10,12,18,20,25H,6,11H2,1-5H3/t12-,18+,20-/m1/s1. The Morgan fingerprint density at radius 2 is 1.81 bits per heavy atom. The van der Waals surface area contributed by atoms with Crippen molar-refractivity contribution >= 4 is 23.7 Å². The van der Waals surface area contributed by atoms with E-state index >= 15 is 0 Å². The number of methoxy groups -OCH3 is 1. The van der Waals surface area contributed by atoms with Crippen LogP contribution >= 0.6 is 0 Å². The summed E-state index contributed by atoms with van der Waals surface area (Å²) in [7, 11) is 1.25. The topological polar surface area (TPSA) is 108 Å². The van der Waals surface area contributed by atoms with Crippen molar-refractivity contribution in [3.63, 3.8) is 0 Å². The molecule has 32 heavy (non-hydrogen) atoms. The van der Waals surface area contributed by atoms with Crippen molar-refractivity contribution in [1.82, 2.24) is 5.32 Å². The highest BCUT2D eigenvalue weighted by Crippen LogP contribution is 2.45. The first kappa shape index (κ1) is 23.2. The molecule has 0 saturated carbocycles. The fourth-order valence-corrected chi connectivity index (χ4v) is 4.39. The Bertz CT molecular complexity index is 1020.